The summed E-state index contributed by atoms with van der Waals surface area (Å²) in [5.74, 6) is 4.49. The largest absolute Gasteiger partial charge is 0.342 e. The van der Waals surface area contributed by atoms with E-state index >= 15 is 0 Å². The molecule has 84 valence electrons. The zero-order chi connectivity index (χ0) is 10.3. The van der Waals surface area contributed by atoms with Crippen LogP contribution in [0.3, 0.4) is 0 Å². The predicted octanol–water partition coefficient (Wildman–Crippen LogP) is 0.417. The van der Waals surface area contributed by atoms with E-state index in [0.717, 1.165) is 50.2 Å². The van der Waals surface area contributed by atoms with Crippen LogP contribution < -0.4 is 5.32 Å². The first-order chi connectivity index (χ1) is 7.34. The van der Waals surface area contributed by atoms with E-state index in [2.05, 4.69) is 10.2 Å². The number of nitrogens with zero attached hydrogens (tertiary/aromatic N) is 1. The van der Waals surface area contributed by atoms with Crippen LogP contribution in [0.2, 0.25) is 0 Å². The standard InChI is InChI=1S/C11H18N2OS/c14-11(8-1-2-15-7-8)13-5-9-3-12-4-10(9)6-13/h8-10,12H,1-7H2. The molecule has 0 aromatic rings. The second-order valence-electron chi connectivity index (χ2n) is 4.98. The maximum atomic E-state index is 12.2. The first-order valence-electron chi connectivity index (χ1n) is 5.92. The molecule has 1 amide bonds. The van der Waals surface area contributed by atoms with Gasteiger partial charge in [0.15, 0.2) is 0 Å². The molecule has 3 rings (SSSR count). The molecule has 3 atom stereocenters. The fraction of sp³-hybridized carbons (Fsp3) is 0.909. The van der Waals surface area contributed by atoms with Gasteiger partial charge in [-0.3, -0.25) is 4.79 Å². The first kappa shape index (κ1) is 9.97. The molecule has 0 aromatic carbocycles. The van der Waals surface area contributed by atoms with Gasteiger partial charge in [-0.25, -0.2) is 0 Å². The highest BCUT2D eigenvalue weighted by atomic mass is 32.2. The van der Waals surface area contributed by atoms with E-state index in [1.807, 2.05) is 11.8 Å². The number of likely N-dealkylation sites (tertiary alicyclic amines) is 1. The van der Waals surface area contributed by atoms with Gasteiger partial charge in [0.2, 0.25) is 5.91 Å². The Bertz CT molecular complexity index is 253. The van der Waals surface area contributed by atoms with Gasteiger partial charge in [-0.1, -0.05) is 0 Å². The van der Waals surface area contributed by atoms with Gasteiger partial charge in [0.25, 0.3) is 0 Å². The van der Waals surface area contributed by atoms with E-state index in [-0.39, 0.29) is 0 Å². The lowest BCUT2D eigenvalue weighted by molar-refractivity contribution is -0.133. The van der Waals surface area contributed by atoms with Crippen LogP contribution in [0.5, 0.6) is 0 Å². The highest BCUT2D eigenvalue weighted by molar-refractivity contribution is 7.99. The summed E-state index contributed by atoms with van der Waals surface area (Å²) in [7, 11) is 0. The van der Waals surface area contributed by atoms with Crippen LogP contribution in [-0.4, -0.2) is 48.5 Å². The summed E-state index contributed by atoms with van der Waals surface area (Å²) in [4.78, 5) is 14.3. The van der Waals surface area contributed by atoms with Crippen LogP contribution in [0.25, 0.3) is 0 Å². The number of rotatable bonds is 1. The van der Waals surface area contributed by atoms with Gasteiger partial charge in [0.1, 0.15) is 0 Å². The SMILES string of the molecule is O=C(C1CCSC1)N1CC2CNCC2C1. The molecule has 0 saturated carbocycles. The van der Waals surface area contributed by atoms with Crippen molar-refractivity contribution in [2.24, 2.45) is 17.8 Å². The molecule has 3 nitrogen and oxygen atoms in total. The fourth-order valence-electron chi connectivity index (χ4n) is 3.02. The Labute approximate surface area is 95.0 Å². The Morgan fingerprint density at radius 1 is 1.27 bits per heavy atom. The zero-order valence-electron chi connectivity index (χ0n) is 8.95. The molecule has 3 saturated heterocycles. The molecule has 3 fully saturated rings. The second kappa shape index (κ2) is 3.98. The highest BCUT2D eigenvalue weighted by Crippen LogP contribution is 2.31. The average Bonchev–Trinajstić information content (AvgIpc) is 2.92. The van der Waals surface area contributed by atoms with Crippen LogP contribution in [0, 0.1) is 17.8 Å². The number of hydrogen-bond donors (Lipinski definition) is 1. The third-order valence-corrected chi connectivity index (χ3v) is 5.14. The van der Waals surface area contributed by atoms with Crippen molar-refractivity contribution in [3.63, 3.8) is 0 Å². The van der Waals surface area contributed by atoms with Crippen LogP contribution >= 0.6 is 11.8 Å². The third kappa shape index (κ3) is 1.78. The van der Waals surface area contributed by atoms with Gasteiger partial charge in [-0.05, 0) is 24.0 Å². The van der Waals surface area contributed by atoms with E-state index in [9.17, 15) is 4.79 Å². The smallest absolute Gasteiger partial charge is 0.226 e. The number of hydrogen-bond acceptors (Lipinski definition) is 3. The highest BCUT2D eigenvalue weighted by Gasteiger charge is 2.40. The number of thioether (sulfide) groups is 1. The summed E-state index contributed by atoms with van der Waals surface area (Å²) in [6, 6.07) is 0. The van der Waals surface area contributed by atoms with Gasteiger partial charge >= 0.3 is 0 Å². The molecule has 1 N–H and O–H groups in total. The fourth-order valence-corrected chi connectivity index (χ4v) is 4.23. The van der Waals surface area contributed by atoms with Gasteiger partial charge in [0.05, 0.1) is 0 Å². The van der Waals surface area contributed by atoms with Gasteiger partial charge in [0, 0.05) is 37.8 Å². The summed E-state index contributed by atoms with van der Waals surface area (Å²) >= 11 is 1.93. The van der Waals surface area contributed by atoms with Gasteiger partial charge < -0.3 is 10.2 Å². The molecule has 4 heteroatoms. The van der Waals surface area contributed by atoms with E-state index < -0.39 is 0 Å². The van der Waals surface area contributed by atoms with Crippen molar-refractivity contribution in [2.45, 2.75) is 6.42 Å². The van der Waals surface area contributed by atoms with Crippen LogP contribution in [-0.2, 0) is 4.79 Å². The molecule has 3 aliphatic rings. The Kier molecular flexibility index (Phi) is 2.64. The van der Waals surface area contributed by atoms with E-state index in [4.69, 9.17) is 0 Å². The molecule has 3 unspecified atom stereocenters. The Morgan fingerprint density at radius 2 is 2.00 bits per heavy atom. The van der Waals surface area contributed by atoms with Crippen LogP contribution in [0.15, 0.2) is 0 Å². The van der Waals surface area contributed by atoms with Crippen molar-refractivity contribution < 1.29 is 4.79 Å². The summed E-state index contributed by atoms with van der Waals surface area (Å²) in [6.07, 6.45) is 1.10. The van der Waals surface area contributed by atoms with E-state index in [1.165, 1.54) is 5.75 Å². The molecule has 15 heavy (non-hydrogen) atoms. The lowest BCUT2D eigenvalue weighted by Crippen LogP contribution is -2.36. The Hall–Kier alpha value is -0.220. The number of amides is 1. The minimum absolute atomic E-state index is 0.335. The third-order valence-electron chi connectivity index (χ3n) is 3.98. The number of carbonyl (C=O) groups is 1. The van der Waals surface area contributed by atoms with Gasteiger partial charge in [-0.15, -0.1) is 0 Å². The van der Waals surface area contributed by atoms with E-state index in [1.54, 1.807) is 0 Å². The predicted molar refractivity (Wildman–Crippen MR) is 61.9 cm³/mol. The van der Waals surface area contributed by atoms with Gasteiger partial charge in [-0.2, -0.15) is 11.8 Å². The quantitative estimate of drug-likeness (QED) is 0.703. The van der Waals surface area contributed by atoms with Crippen LogP contribution in [0.4, 0.5) is 0 Å². The molecule has 0 bridgehead atoms. The minimum Gasteiger partial charge on any atom is -0.342 e. The maximum absolute atomic E-state index is 12.2. The topological polar surface area (TPSA) is 32.3 Å². The normalized spacial score (nSPS) is 39.7. The lowest BCUT2D eigenvalue weighted by Gasteiger charge is -2.20. The molecule has 0 aliphatic carbocycles. The summed E-state index contributed by atoms with van der Waals surface area (Å²) in [6.45, 7) is 4.26. The maximum Gasteiger partial charge on any atom is 0.226 e. The monoisotopic (exact) mass is 226 g/mol. The summed E-state index contributed by atoms with van der Waals surface area (Å²) in [5.41, 5.74) is 0. The second-order valence-corrected chi connectivity index (χ2v) is 6.13. The van der Waals surface area contributed by atoms with Crippen molar-refractivity contribution in [3.05, 3.63) is 0 Å². The molecule has 0 aromatic heterocycles. The summed E-state index contributed by atoms with van der Waals surface area (Å²) < 4.78 is 0. The molecular weight excluding hydrogens is 208 g/mol. The van der Waals surface area contributed by atoms with Crippen LogP contribution in [0.1, 0.15) is 6.42 Å². The molecular formula is C11H18N2OS. The van der Waals surface area contributed by atoms with E-state index in [0.29, 0.717) is 11.8 Å². The van der Waals surface area contributed by atoms with Crippen molar-refractivity contribution in [3.8, 4) is 0 Å². The molecule has 3 aliphatic heterocycles. The molecule has 3 heterocycles. The number of carbonyl (C=O) groups excluding carboxylic acids is 1. The summed E-state index contributed by atoms with van der Waals surface area (Å²) in [5, 5.41) is 3.41. The Balaban J connectivity index is 1.61. The van der Waals surface area contributed by atoms with Crippen molar-refractivity contribution in [1.82, 2.24) is 10.2 Å². The lowest BCUT2D eigenvalue weighted by atomic mass is 10.0. The number of fused-ring (bicyclic) bond motifs is 1. The van der Waals surface area contributed by atoms with Crippen molar-refractivity contribution in [2.75, 3.05) is 37.7 Å². The average molecular weight is 226 g/mol. The Morgan fingerprint density at radius 3 is 2.60 bits per heavy atom. The van der Waals surface area contributed by atoms with Crippen molar-refractivity contribution in [1.29, 1.82) is 0 Å². The number of nitrogens with one attached hydrogen (secondary N) is 1. The first-order valence-corrected chi connectivity index (χ1v) is 7.07. The zero-order valence-corrected chi connectivity index (χ0v) is 9.76. The minimum atomic E-state index is 0.335. The molecule has 0 spiro atoms. The van der Waals surface area contributed by atoms with Crippen molar-refractivity contribution >= 4 is 17.7 Å². The molecule has 0 radical (unpaired) electrons.